The van der Waals surface area contributed by atoms with E-state index in [2.05, 4.69) is 10.6 Å². The minimum absolute atomic E-state index is 0.106. The molecule has 6 nitrogen and oxygen atoms in total. The maximum absolute atomic E-state index is 12.4. The van der Waals surface area contributed by atoms with Crippen LogP contribution in [0, 0.1) is 5.92 Å². The van der Waals surface area contributed by atoms with Gasteiger partial charge in [-0.2, -0.15) is 0 Å². The van der Waals surface area contributed by atoms with Gasteiger partial charge in [-0.3, -0.25) is 4.79 Å². The van der Waals surface area contributed by atoms with Gasteiger partial charge in [-0.25, -0.2) is 4.79 Å². The third-order valence-corrected chi connectivity index (χ3v) is 4.10. The monoisotopic (exact) mass is 324 g/mol. The van der Waals surface area contributed by atoms with Gasteiger partial charge in [-0.15, -0.1) is 0 Å². The van der Waals surface area contributed by atoms with Crippen molar-refractivity contribution >= 4 is 12.0 Å². The number of hydrogen-bond acceptors (Lipinski definition) is 4. The Balaban J connectivity index is 1.92. The molecule has 0 aromatic carbocycles. The van der Waals surface area contributed by atoms with Crippen LogP contribution >= 0.6 is 0 Å². The maximum Gasteiger partial charge on any atom is 0.407 e. The molecular formula is C17H28N2O4. The number of rotatable bonds is 5. The summed E-state index contributed by atoms with van der Waals surface area (Å²) in [7, 11) is 0. The summed E-state index contributed by atoms with van der Waals surface area (Å²) in [6.07, 6.45) is 4.79. The summed E-state index contributed by atoms with van der Waals surface area (Å²) in [4.78, 5) is 24.3. The molecular weight excluding hydrogens is 296 g/mol. The Kier molecular flexibility index (Phi) is 5.22. The highest BCUT2D eigenvalue weighted by Gasteiger charge is 2.43. The first kappa shape index (κ1) is 17.6. The zero-order valence-electron chi connectivity index (χ0n) is 14.5. The van der Waals surface area contributed by atoms with Gasteiger partial charge in [0.1, 0.15) is 5.60 Å². The average molecular weight is 324 g/mol. The smallest absolute Gasteiger partial charge is 0.407 e. The Morgan fingerprint density at radius 1 is 1.30 bits per heavy atom. The third-order valence-electron chi connectivity index (χ3n) is 4.10. The molecule has 2 N–H and O–H groups in total. The SMILES string of the molecule is CC(C)(C)OC(=O)NCC(C)(NC(=O)C1=COCCC1)C1CC1. The van der Waals surface area contributed by atoms with Gasteiger partial charge in [0.2, 0.25) is 0 Å². The number of amides is 2. The predicted octanol–water partition coefficient (Wildman–Crippen LogP) is 2.49. The molecule has 0 bridgehead atoms. The molecule has 1 unspecified atom stereocenters. The van der Waals surface area contributed by atoms with E-state index in [1.54, 1.807) is 6.26 Å². The second-order valence-electron chi connectivity index (χ2n) is 7.62. The van der Waals surface area contributed by atoms with E-state index in [9.17, 15) is 9.59 Å². The van der Waals surface area contributed by atoms with Crippen molar-refractivity contribution in [2.45, 2.75) is 64.5 Å². The fourth-order valence-corrected chi connectivity index (χ4v) is 2.65. The molecule has 2 rings (SSSR count). The molecule has 0 spiro atoms. The van der Waals surface area contributed by atoms with Crippen molar-refractivity contribution in [2.24, 2.45) is 5.92 Å². The molecule has 0 aromatic heterocycles. The van der Waals surface area contributed by atoms with Crippen molar-refractivity contribution in [2.75, 3.05) is 13.2 Å². The Bertz CT molecular complexity index is 491. The zero-order valence-corrected chi connectivity index (χ0v) is 14.5. The standard InChI is InChI=1S/C17H28N2O4/c1-16(2,3)23-15(21)18-11-17(4,13-7-8-13)19-14(20)12-6-5-9-22-10-12/h10,13H,5-9,11H2,1-4H3,(H,18,21)(H,19,20). The largest absolute Gasteiger partial charge is 0.501 e. The molecule has 0 aromatic rings. The van der Waals surface area contributed by atoms with E-state index in [1.165, 1.54) is 0 Å². The molecule has 2 amide bonds. The van der Waals surface area contributed by atoms with E-state index < -0.39 is 17.2 Å². The molecule has 2 aliphatic rings. The lowest BCUT2D eigenvalue weighted by molar-refractivity contribution is -0.120. The van der Waals surface area contributed by atoms with Crippen molar-refractivity contribution in [1.82, 2.24) is 10.6 Å². The van der Waals surface area contributed by atoms with E-state index in [1.807, 2.05) is 27.7 Å². The molecule has 1 atom stereocenters. The molecule has 0 saturated heterocycles. The van der Waals surface area contributed by atoms with Gasteiger partial charge in [0, 0.05) is 6.54 Å². The van der Waals surface area contributed by atoms with Crippen molar-refractivity contribution in [3.8, 4) is 0 Å². The predicted molar refractivity (Wildman–Crippen MR) is 86.8 cm³/mol. The van der Waals surface area contributed by atoms with Crippen molar-refractivity contribution in [3.05, 3.63) is 11.8 Å². The van der Waals surface area contributed by atoms with E-state index in [0.717, 1.165) is 25.7 Å². The minimum Gasteiger partial charge on any atom is -0.501 e. The molecule has 1 fully saturated rings. The van der Waals surface area contributed by atoms with Crippen LogP contribution in [0.3, 0.4) is 0 Å². The van der Waals surface area contributed by atoms with Crippen LogP contribution in [0.5, 0.6) is 0 Å². The fourth-order valence-electron chi connectivity index (χ4n) is 2.65. The Hall–Kier alpha value is -1.72. The highest BCUT2D eigenvalue weighted by Crippen LogP contribution is 2.39. The zero-order chi connectivity index (χ0) is 17.1. The number of hydrogen-bond donors (Lipinski definition) is 2. The van der Waals surface area contributed by atoms with Crippen molar-refractivity contribution in [1.29, 1.82) is 0 Å². The molecule has 1 aliphatic carbocycles. The van der Waals surface area contributed by atoms with Gasteiger partial charge in [0.05, 0.1) is 24.0 Å². The van der Waals surface area contributed by atoms with Crippen LogP contribution in [0.4, 0.5) is 4.79 Å². The Labute approximate surface area is 138 Å². The van der Waals surface area contributed by atoms with E-state index >= 15 is 0 Å². The van der Waals surface area contributed by atoms with Crippen LogP contribution < -0.4 is 10.6 Å². The highest BCUT2D eigenvalue weighted by atomic mass is 16.6. The molecule has 1 heterocycles. The van der Waals surface area contributed by atoms with E-state index in [4.69, 9.17) is 9.47 Å². The number of nitrogens with one attached hydrogen (secondary N) is 2. The lowest BCUT2D eigenvalue weighted by atomic mass is 9.94. The van der Waals surface area contributed by atoms with Gasteiger partial charge in [0.25, 0.3) is 5.91 Å². The van der Waals surface area contributed by atoms with Crippen molar-refractivity contribution in [3.63, 3.8) is 0 Å². The summed E-state index contributed by atoms with van der Waals surface area (Å²) in [6.45, 7) is 8.46. The summed E-state index contributed by atoms with van der Waals surface area (Å²) in [5, 5.41) is 5.87. The summed E-state index contributed by atoms with van der Waals surface area (Å²) in [5.41, 5.74) is -0.333. The van der Waals surface area contributed by atoms with Crippen LogP contribution in [0.2, 0.25) is 0 Å². The number of ether oxygens (including phenoxy) is 2. The molecule has 130 valence electrons. The van der Waals surface area contributed by atoms with E-state index in [-0.39, 0.29) is 5.91 Å². The van der Waals surface area contributed by atoms with Gasteiger partial charge in [0.15, 0.2) is 0 Å². The number of alkyl carbamates (subject to hydrolysis) is 1. The first-order valence-electron chi connectivity index (χ1n) is 8.30. The first-order chi connectivity index (χ1) is 10.7. The third kappa shape index (κ3) is 5.44. The average Bonchev–Trinajstić information content (AvgIpc) is 3.29. The summed E-state index contributed by atoms with van der Waals surface area (Å²) >= 11 is 0. The number of carbonyl (C=O) groups excluding carboxylic acids is 2. The quantitative estimate of drug-likeness (QED) is 0.814. The molecule has 0 radical (unpaired) electrons. The molecule has 23 heavy (non-hydrogen) atoms. The van der Waals surface area contributed by atoms with Crippen LogP contribution in [0.1, 0.15) is 53.4 Å². The van der Waals surface area contributed by atoms with Crippen LogP contribution in [0.25, 0.3) is 0 Å². The second kappa shape index (κ2) is 6.81. The summed E-state index contributed by atoms with van der Waals surface area (Å²) in [6, 6.07) is 0. The Morgan fingerprint density at radius 3 is 2.52 bits per heavy atom. The highest BCUT2D eigenvalue weighted by molar-refractivity contribution is 5.93. The second-order valence-corrected chi connectivity index (χ2v) is 7.62. The van der Waals surface area contributed by atoms with Crippen LogP contribution in [0.15, 0.2) is 11.8 Å². The van der Waals surface area contributed by atoms with Crippen molar-refractivity contribution < 1.29 is 19.1 Å². The van der Waals surface area contributed by atoms with Crippen LogP contribution in [-0.2, 0) is 14.3 Å². The summed E-state index contributed by atoms with van der Waals surface area (Å²) < 4.78 is 10.5. The number of carbonyl (C=O) groups is 2. The van der Waals surface area contributed by atoms with Gasteiger partial charge in [-0.05, 0) is 59.3 Å². The lowest BCUT2D eigenvalue weighted by Gasteiger charge is -2.32. The first-order valence-corrected chi connectivity index (χ1v) is 8.30. The maximum atomic E-state index is 12.4. The molecule has 1 saturated carbocycles. The Morgan fingerprint density at radius 2 is 2.00 bits per heavy atom. The van der Waals surface area contributed by atoms with Crippen LogP contribution in [-0.4, -0.2) is 36.3 Å². The van der Waals surface area contributed by atoms with Gasteiger partial charge in [-0.1, -0.05) is 0 Å². The van der Waals surface area contributed by atoms with E-state index in [0.29, 0.717) is 24.6 Å². The van der Waals surface area contributed by atoms with Gasteiger partial charge < -0.3 is 20.1 Å². The molecule has 6 heteroatoms. The fraction of sp³-hybridized carbons (Fsp3) is 0.765. The molecule has 1 aliphatic heterocycles. The topological polar surface area (TPSA) is 76.7 Å². The lowest BCUT2D eigenvalue weighted by Crippen LogP contribution is -2.56. The van der Waals surface area contributed by atoms with Gasteiger partial charge >= 0.3 is 6.09 Å². The summed E-state index contributed by atoms with van der Waals surface area (Å²) in [5.74, 6) is 0.275. The normalized spacial score (nSPS) is 20.6. The minimum atomic E-state index is -0.534.